The summed E-state index contributed by atoms with van der Waals surface area (Å²) in [5.74, 6) is 0. The lowest BCUT2D eigenvalue weighted by Crippen LogP contribution is -1.95. The van der Waals surface area contributed by atoms with Gasteiger partial charge in [-0.25, -0.2) is 0 Å². The largest absolute Gasteiger partial charge is 0.346 e. The van der Waals surface area contributed by atoms with Crippen LogP contribution in [0.25, 0.3) is 0 Å². The van der Waals surface area contributed by atoms with E-state index in [1.165, 1.54) is 21.9 Å². The molecule has 0 saturated carbocycles. The zero-order valence-electron chi connectivity index (χ0n) is 13.0. The van der Waals surface area contributed by atoms with Crippen LogP contribution in [0.5, 0.6) is 0 Å². The van der Waals surface area contributed by atoms with Gasteiger partial charge in [0.25, 0.3) is 0 Å². The van der Waals surface area contributed by atoms with Crippen LogP contribution in [0.2, 0.25) is 0 Å². The predicted octanol–water partition coefficient (Wildman–Crippen LogP) is 5.34. The first-order valence-corrected chi connectivity index (χ1v) is 8.05. The molecule has 0 N–H and O–H groups in total. The van der Waals surface area contributed by atoms with Crippen LogP contribution in [0.15, 0.2) is 94.7 Å². The third kappa shape index (κ3) is 5.74. The molecule has 6 nitrogen and oxygen atoms in total. The Bertz CT molecular complexity index is 771. The lowest BCUT2D eigenvalue weighted by molar-refractivity contribution is -0.422. The summed E-state index contributed by atoms with van der Waals surface area (Å²) in [6.07, 6.45) is 0. The molecule has 0 amide bonds. The van der Waals surface area contributed by atoms with Crippen LogP contribution in [-0.2, 0) is 0 Å². The van der Waals surface area contributed by atoms with E-state index >= 15 is 0 Å². The molecule has 25 heavy (non-hydrogen) atoms. The maximum atomic E-state index is 10.2. The molecule has 0 unspecified atom stereocenters. The third-order valence-corrected chi connectivity index (χ3v) is 4.01. The van der Waals surface area contributed by atoms with Crippen LogP contribution in [0.3, 0.4) is 0 Å². The zero-order chi connectivity index (χ0) is 18.1. The lowest BCUT2D eigenvalue weighted by atomic mass is 10.3. The molecule has 0 spiro atoms. The average Bonchev–Trinajstić information content (AvgIpc) is 2.64. The lowest BCUT2D eigenvalue weighted by Gasteiger charge is -1.99. The Labute approximate surface area is 148 Å². The van der Waals surface area contributed by atoms with Crippen molar-refractivity contribution in [1.29, 1.82) is 0 Å². The first-order valence-electron chi connectivity index (χ1n) is 7.23. The van der Waals surface area contributed by atoms with E-state index in [1.54, 1.807) is 11.8 Å². The molecule has 126 valence electrons. The van der Waals surface area contributed by atoms with Crippen molar-refractivity contribution >= 4 is 23.1 Å². The summed E-state index contributed by atoms with van der Waals surface area (Å²) < 4.78 is 0. The van der Waals surface area contributed by atoms with E-state index < -0.39 is 21.2 Å². The van der Waals surface area contributed by atoms with Crippen LogP contribution in [-0.4, -0.2) is 9.85 Å². The smallest absolute Gasteiger partial charge is 0.258 e. The van der Waals surface area contributed by atoms with Crippen LogP contribution < -0.4 is 0 Å². The molecular weight excluding hydrogens is 340 g/mol. The summed E-state index contributed by atoms with van der Waals surface area (Å²) in [6, 6.07) is 25.8. The Balaban J connectivity index is 0.000000181. The summed E-state index contributed by atoms with van der Waals surface area (Å²) >= 11 is 1.79. The summed E-state index contributed by atoms with van der Waals surface area (Å²) in [4.78, 5) is 21.5. The predicted molar refractivity (Wildman–Crippen MR) is 96.8 cm³/mol. The van der Waals surface area contributed by atoms with E-state index in [4.69, 9.17) is 0 Å². The molecule has 0 aromatic heterocycles. The second kappa shape index (κ2) is 9.19. The first kappa shape index (κ1) is 18.2. The van der Waals surface area contributed by atoms with Crippen LogP contribution >= 0.6 is 11.8 Å². The van der Waals surface area contributed by atoms with Crippen molar-refractivity contribution in [3.05, 3.63) is 105 Å². The van der Waals surface area contributed by atoms with Crippen molar-refractivity contribution in [2.45, 2.75) is 9.79 Å². The van der Waals surface area contributed by atoms with Crippen molar-refractivity contribution in [3.8, 4) is 0 Å². The normalized spacial score (nSPS) is 9.60. The van der Waals surface area contributed by atoms with Crippen molar-refractivity contribution in [2.24, 2.45) is 0 Å². The summed E-state index contributed by atoms with van der Waals surface area (Å²) in [5, 5.41) is 20.5. The van der Waals surface area contributed by atoms with Crippen molar-refractivity contribution in [1.82, 2.24) is 0 Å². The minimum absolute atomic E-state index is 0.484. The molecule has 7 heteroatoms. The Kier molecular flexibility index (Phi) is 6.67. The van der Waals surface area contributed by atoms with Crippen LogP contribution in [0.1, 0.15) is 0 Å². The summed E-state index contributed by atoms with van der Waals surface area (Å²) in [7, 11) is 0. The third-order valence-electron chi connectivity index (χ3n) is 3.00. The number of hydrogen-bond acceptors (Lipinski definition) is 5. The van der Waals surface area contributed by atoms with Gasteiger partial charge in [0.1, 0.15) is 0 Å². The molecule has 0 bridgehead atoms. The van der Waals surface area contributed by atoms with Crippen LogP contribution in [0, 0.1) is 20.2 Å². The quantitative estimate of drug-likeness (QED) is 0.466. The van der Waals surface area contributed by atoms with Gasteiger partial charge in [0.05, 0.1) is 9.85 Å². The molecule has 0 heterocycles. The highest BCUT2D eigenvalue weighted by molar-refractivity contribution is 7.99. The fraction of sp³-hybridized carbons (Fsp3) is 0. The molecule has 3 rings (SSSR count). The fourth-order valence-electron chi connectivity index (χ4n) is 1.89. The van der Waals surface area contributed by atoms with E-state index in [0.717, 1.165) is 12.1 Å². The second-order valence-electron chi connectivity index (χ2n) is 4.73. The van der Waals surface area contributed by atoms with Crippen molar-refractivity contribution in [3.63, 3.8) is 0 Å². The van der Waals surface area contributed by atoms with E-state index in [-0.39, 0.29) is 0 Å². The van der Waals surface area contributed by atoms with Gasteiger partial charge in [-0.3, -0.25) is 20.2 Å². The molecule has 3 aromatic carbocycles. The van der Waals surface area contributed by atoms with E-state index in [1.807, 2.05) is 12.1 Å². The number of hydrogen-bond donors (Lipinski definition) is 0. The number of benzene rings is 3. The molecule has 3 aromatic rings. The summed E-state index contributed by atoms with van der Waals surface area (Å²) in [6.45, 7) is 0. The molecule has 0 radical (unpaired) electrons. The van der Waals surface area contributed by atoms with E-state index in [2.05, 4.69) is 48.5 Å². The number of para-hydroxylation sites is 2. The molecule has 0 aliphatic rings. The van der Waals surface area contributed by atoms with Gasteiger partial charge in [0.2, 0.25) is 0 Å². The second-order valence-corrected chi connectivity index (χ2v) is 5.88. The van der Waals surface area contributed by atoms with E-state index in [0.29, 0.717) is 0 Å². The van der Waals surface area contributed by atoms with Gasteiger partial charge in [-0.1, -0.05) is 60.3 Å². The van der Waals surface area contributed by atoms with Gasteiger partial charge < -0.3 is 0 Å². The molecular formula is C18H14N2O4S. The summed E-state index contributed by atoms with van der Waals surface area (Å²) in [5.41, 5.74) is -0.968. The minimum atomic E-state index is -0.780. The molecule has 0 aliphatic carbocycles. The van der Waals surface area contributed by atoms with Gasteiger partial charge in [0, 0.05) is 21.9 Å². The Hall–Kier alpha value is -3.19. The number of rotatable bonds is 4. The minimum Gasteiger partial charge on any atom is -0.258 e. The number of nitro benzene ring substituents is 2. The Morgan fingerprint density at radius 2 is 0.880 bits per heavy atom. The highest BCUT2D eigenvalue weighted by Gasteiger charge is 2.21. The SMILES string of the molecule is O=[N+]([O-])c1ccccc1[N+](=O)[O-].c1ccc(Sc2ccccc2)cc1. The van der Waals surface area contributed by atoms with Crippen LogP contribution in [0.4, 0.5) is 11.4 Å². The Morgan fingerprint density at radius 3 is 1.20 bits per heavy atom. The maximum absolute atomic E-state index is 10.2. The highest BCUT2D eigenvalue weighted by Crippen LogP contribution is 2.26. The number of nitro groups is 2. The number of nitrogens with zero attached hydrogens (tertiary/aromatic N) is 2. The molecule has 0 fully saturated rings. The maximum Gasteiger partial charge on any atom is 0.346 e. The van der Waals surface area contributed by atoms with Crippen molar-refractivity contribution in [2.75, 3.05) is 0 Å². The van der Waals surface area contributed by atoms with Gasteiger partial charge in [-0.15, -0.1) is 0 Å². The van der Waals surface area contributed by atoms with Gasteiger partial charge in [0.15, 0.2) is 0 Å². The van der Waals surface area contributed by atoms with Gasteiger partial charge in [-0.2, -0.15) is 0 Å². The highest BCUT2D eigenvalue weighted by atomic mass is 32.2. The fourth-order valence-corrected chi connectivity index (χ4v) is 2.74. The van der Waals surface area contributed by atoms with Crippen molar-refractivity contribution < 1.29 is 9.85 Å². The van der Waals surface area contributed by atoms with Gasteiger partial charge >= 0.3 is 11.4 Å². The average molecular weight is 354 g/mol. The Morgan fingerprint density at radius 1 is 0.560 bits per heavy atom. The standard InChI is InChI=1S/C12H10S.C6H4N2O4/c1-3-7-11(8-4-1)13-12-9-5-2-6-10-12;9-7(10)5-3-1-2-4-6(5)8(11)12/h1-10H;1-4H. The molecule has 0 aliphatic heterocycles. The first-order chi connectivity index (χ1) is 12.1. The molecule has 0 atom stereocenters. The molecule has 0 saturated heterocycles. The topological polar surface area (TPSA) is 86.3 Å². The van der Waals surface area contributed by atoms with E-state index in [9.17, 15) is 20.2 Å². The monoisotopic (exact) mass is 354 g/mol. The zero-order valence-corrected chi connectivity index (χ0v) is 13.8. The van der Waals surface area contributed by atoms with Gasteiger partial charge in [-0.05, 0) is 24.3 Å².